The molecule has 0 aliphatic carbocycles. The van der Waals surface area contributed by atoms with Gasteiger partial charge >= 0.3 is 5.97 Å². The van der Waals surface area contributed by atoms with Crippen molar-refractivity contribution >= 4 is 16.9 Å². The maximum atomic E-state index is 11.8. The first-order chi connectivity index (χ1) is 8.52. The van der Waals surface area contributed by atoms with Crippen molar-refractivity contribution in [3.63, 3.8) is 0 Å². The molecule has 0 amide bonds. The molecule has 0 saturated heterocycles. The van der Waals surface area contributed by atoms with Gasteiger partial charge in [-0.1, -0.05) is 13.0 Å². The molecule has 0 aliphatic rings. The topological polar surface area (TPSA) is 70.2 Å². The van der Waals surface area contributed by atoms with Crippen molar-refractivity contribution in [3.8, 4) is 0 Å². The van der Waals surface area contributed by atoms with E-state index in [0.717, 1.165) is 22.9 Å². The Kier molecular flexibility index (Phi) is 3.19. The van der Waals surface area contributed by atoms with E-state index >= 15 is 0 Å². The second-order valence-electron chi connectivity index (χ2n) is 4.36. The van der Waals surface area contributed by atoms with Crippen LogP contribution in [-0.2, 0) is 17.6 Å². The normalized spacial score (nSPS) is 10.8. The summed E-state index contributed by atoms with van der Waals surface area (Å²) in [7, 11) is 0. The Balaban J connectivity index is 2.73. The van der Waals surface area contributed by atoms with Gasteiger partial charge < -0.3 is 10.1 Å². The van der Waals surface area contributed by atoms with E-state index in [1.165, 1.54) is 5.56 Å². The first-order valence-electron chi connectivity index (χ1n) is 5.89. The van der Waals surface area contributed by atoms with Gasteiger partial charge in [0.15, 0.2) is 0 Å². The maximum absolute atomic E-state index is 11.8. The molecule has 0 radical (unpaired) electrons. The fraction of sp³-hybridized carbons (Fsp3) is 0.286. The van der Waals surface area contributed by atoms with E-state index in [1.807, 2.05) is 18.2 Å². The monoisotopic (exact) mass is 245 g/mol. The van der Waals surface area contributed by atoms with Gasteiger partial charge in [-0.25, -0.2) is 0 Å². The summed E-state index contributed by atoms with van der Waals surface area (Å²) < 4.78 is 0. The number of carbonyl (C=O) groups is 1. The zero-order valence-corrected chi connectivity index (χ0v) is 10.4. The van der Waals surface area contributed by atoms with E-state index in [1.54, 1.807) is 6.92 Å². The van der Waals surface area contributed by atoms with Crippen LogP contribution in [0.15, 0.2) is 23.0 Å². The van der Waals surface area contributed by atoms with Crippen LogP contribution in [0.4, 0.5) is 0 Å². The standard InChI is InChI=1S/C14H15NO3/c1-3-9-4-5-12-10(6-9)8(2)11(7-13(16)17)14(18)15-12/h4-6H,3,7H2,1-2H3,(H,15,18)(H,16,17). The summed E-state index contributed by atoms with van der Waals surface area (Å²) in [6.07, 6.45) is 0.663. The summed E-state index contributed by atoms with van der Waals surface area (Å²) in [6.45, 7) is 3.86. The molecule has 94 valence electrons. The Labute approximate surface area is 104 Å². The second-order valence-corrected chi connectivity index (χ2v) is 4.36. The minimum Gasteiger partial charge on any atom is -0.481 e. The first kappa shape index (κ1) is 12.4. The number of aryl methyl sites for hydroxylation is 2. The maximum Gasteiger partial charge on any atom is 0.308 e. The third-order valence-electron chi connectivity index (χ3n) is 3.20. The van der Waals surface area contributed by atoms with Crippen molar-refractivity contribution in [1.82, 2.24) is 4.98 Å². The highest BCUT2D eigenvalue weighted by Crippen LogP contribution is 2.19. The van der Waals surface area contributed by atoms with Crippen LogP contribution < -0.4 is 5.56 Å². The zero-order valence-electron chi connectivity index (χ0n) is 10.4. The molecule has 0 aliphatic heterocycles. The largest absolute Gasteiger partial charge is 0.481 e. The fourth-order valence-corrected chi connectivity index (χ4v) is 2.13. The zero-order chi connectivity index (χ0) is 13.3. The molecule has 2 N–H and O–H groups in total. The van der Waals surface area contributed by atoms with Crippen LogP contribution in [-0.4, -0.2) is 16.1 Å². The van der Waals surface area contributed by atoms with Gasteiger partial charge in [0.1, 0.15) is 0 Å². The fourth-order valence-electron chi connectivity index (χ4n) is 2.13. The van der Waals surface area contributed by atoms with Crippen LogP contribution in [0.3, 0.4) is 0 Å². The van der Waals surface area contributed by atoms with Gasteiger partial charge in [0, 0.05) is 16.5 Å². The molecule has 0 saturated carbocycles. The third-order valence-corrected chi connectivity index (χ3v) is 3.20. The number of hydrogen-bond acceptors (Lipinski definition) is 2. The Morgan fingerprint density at radius 2 is 2.11 bits per heavy atom. The molecule has 0 unspecified atom stereocenters. The first-order valence-corrected chi connectivity index (χ1v) is 5.89. The third kappa shape index (κ3) is 2.14. The Morgan fingerprint density at radius 3 is 2.72 bits per heavy atom. The summed E-state index contributed by atoms with van der Waals surface area (Å²) in [5.41, 5.74) is 2.70. The molecular weight excluding hydrogens is 230 g/mol. The molecule has 2 aromatic rings. The summed E-state index contributed by atoms with van der Waals surface area (Å²) in [4.78, 5) is 25.3. The van der Waals surface area contributed by atoms with Crippen LogP contribution in [0.5, 0.6) is 0 Å². The van der Waals surface area contributed by atoms with E-state index in [0.29, 0.717) is 5.56 Å². The van der Waals surface area contributed by atoms with Crippen LogP contribution in [0, 0.1) is 6.92 Å². The van der Waals surface area contributed by atoms with Crippen molar-refractivity contribution in [2.45, 2.75) is 26.7 Å². The average Bonchev–Trinajstić information content (AvgIpc) is 2.34. The molecule has 18 heavy (non-hydrogen) atoms. The van der Waals surface area contributed by atoms with Gasteiger partial charge in [0.2, 0.25) is 0 Å². The molecule has 2 rings (SSSR count). The van der Waals surface area contributed by atoms with Crippen molar-refractivity contribution in [3.05, 3.63) is 45.2 Å². The number of pyridine rings is 1. The summed E-state index contributed by atoms with van der Waals surface area (Å²) in [5.74, 6) is -0.991. The van der Waals surface area contributed by atoms with Crippen molar-refractivity contribution in [2.75, 3.05) is 0 Å². The Bertz CT molecular complexity index is 671. The van der Waals surface area contributed by atoms with Gasteiger partial charge in [-0.2, -0.15) is 0 Å². The molecule has 0 bridgehead atoms. The summed E-state index contributed by atoms with van der Waals surface area (Å²) >= 11 is 0. The number of benzene rings is 1. The number of aromatic amines is 1. The van der Waals surface area contributed by atoms with Crippen LogP contribution in [0.1, 0.15) is 23.6 Å². The molecule has 1 aromatic carbocycles. The number of carboxylic acids is 1. The molecular formula is C14H15NO3. The van der Waals surface area contributed by atoms with E-state index in [9.17, 15) is 9.59 Å². The van der Waals surface area contributed by atoms with E-state index in [2.05, 4.69) is 11.9 Å². The lowest BCUT2D eigenvalue weighted by Gasteiger charge is -2.08. The number of rotatable bonds is 3. The summed E-state index contributed by atoms with van der Waals surface area (Å²) in [5, 5.41) is 9.76. The molecule has 4 heteroatoms. The minimum absolute atomic E-state index is 0.243. The molecule has 0 fully saturated rings. The van der Waals surface area contributed by atoms with Gasteiger partial charge in [-0.05, 0) is 36.6 Å². The lowest BCUT2D eigenvalue weighted by atomic mass is 10.00. The predicted molar refractivity (Wildman–Crippen MR) is 70.0 cm³/mol. The van der Waals surface area contributed by atoms with Crippen LogP contribution >= 0.6 is 0 Å². The number of aromatic nitrogens is 1. The lowest BCUT2D eigenvalue weighted by molar-refractivity contribution is -0.136. The van der Waals surface area contributed by atoms with Gasteiger partial charge in [-0.15, -0.1) is 0 Å². The van der Waals surface area contributed by atoms with Crippen molar-refractivity contribution in [2.24, 2.45) is 0 Å². The Hall–Kier alpha value is -2.10. The lowest BCUT2D eigenvalue weighted by Crippen LogP contribution is -2.18. The molecule has 0 spiro atoms. The highest BCUT2D eigenvalue weighted by Gasteiger charge is 2.12. The smallest absolute Gasteiger partial charge is 0.308 e. The number of hydrogen-bond donors (Lipinski definition) is 2. The van der Waals surface area contributed by atoms with Crippen LogP contribution in [0.25, 0.3) is 10.9 Å². The van der Waals surface area contributed by atoms with E-state index in [-0.39, 0.29) is 12.0 Å². The second kappa shape index (κ2) is 4.64. The highest BCUT2D eigenvalue weighted by atomic mass is 16.4. The summed E-state index contributed by atoms with van der Waals surface area (Å²) in [6, 6.07) is 5.84. The molecule has 1 heterocycles. The van der Waals surface area contributed by atoms with Crippen molar-refractivity contribution in [1.29, 1.82) is 0 Å². The Morgan fingerprint density at radius 1 is 1.39 bits per heavy atom. The van der Waals surface area contributed by atoms with Gasteiger partial charge in [0.05, 0.1) is 6.42 Å². The number of aliphatic carboxylic acids is 1. The quantitative estimate of drug-likeness (QED) is 0.869. The highest BCUT2D eigenvalue weighted by molar-refractivity contribution is 5.84. The van der Waals surface area contributed by atoms with E-state index in [4.69, 9.17) is 5.11 Å². The van der Waals surface area contributed by atoms with Gasteiger partial charge in [-0.3, -0.25) is 9.59 Å². The number of fused-ring (bicyclic) bond motifs is 1. The van der Waals surface area contributed by atoms with Gasteiger partial charge in [0.25, 0.3) is 5.56 Å². The SMILES string of the molecule is CCc1ccc2[nH]c(=O)c(CC(=O)O)c(C)c2c1. The predicted octanol–water partition coefficient (Wildman–Crippen LogP) is 2.03. The number of nitrogens with one attached hydrogen (secondary N) is 1. The molecule has 0 atom stereocenters. The van der Waals surface area contributed by atoms with Crippen LogP contribution in [0.2, 0.25) is 0 Å². The van der Waals surface area contributed by atoms with E-state index < -0.39 is 5.97 Å². The minimum atomic E-state index is -0.991. The van der Waals surface area contributed by atoms with Crippen molar-refractivity contribution < 1.29 is 9.90 Å². The molecule has 1 aromatic heterocycles. The molecule has 4 nitrogen and oxygen atoms in total. The number of H-pyrrole nitrogens is 1. The average molecular weight is 245 g/mol. The number of carboxylic acid groups (broad SMARTS) is 1.